The van der Waals surface area contributed by atoms with Gasteiger partial charge in [-0.1, -0.05) is 48.0 Å². The van der Waals surface area contributed by atoms with Crippen LogP contribution in [0.25, 0.3) is 0 Å². The third-order valence-corrected chi connectivity index (χ3v) is 5.34. The second-order valence-electron chi connectivity index (χ2n) is 6.05. The van der Waals surface area contributed by atoms with Crippen molar-refractivity contribution in [2.24, 2.45) is 4.99 Å². The Morgan fingerprint density at radius 1 is 1.10 bits per heavy atom. The van der Waals surface area contributed by atoms with Gasteiger partial charge in [-0.25, -0.2) is 18.1 Å². The van der Waals surface area contributed by atoms with Crippen molar-refractivity contribution in [2.75, 3.05) is 25.4 Å². The van der Waals surface area contributed by atoms with Gasteiger partial charge in [0.1, 0.15) is 5.15 Å². The molecule has 1 heterocycles. The predicted molar refractivity (Wildman–Crippen MR) is 129 cm³/mol. The Balaban J connectivity index is 0.00000420. The number of hydrogen-bond acceptors (Lipinski definition) is 4. The van der Waals surface area contributed by atoms with Crippen molar-refractivity contribution in [1.82, 2.24) is 20.3 Å². The summed E-state index contributed by atoms with van der Waals surface area (Å²) in [6, 6.07) is 13.1. The number of halogens is 2. The van der Waals surface area contributed by atoms with Gasteiger partial charge < -0.3 is 10.6 Å². The Morgan fingerprint density at radius 3 is 2.52 bits per heavy atom. The molecule has 0 unspecified atom stereocenters. The SMILES string of the molecule is CCNC(=NCCS(=O)(=O)NCc1ccccc1)NCCc1ccc(Cl)nc1.I. The number of guanidine groups is 1. The largest absolute Gasteiger partial charge is 0.357 e. The molecule has 0 amide bonds. The summed E-state index contributed by atoms with van der Waals surface area (Å²) < 4.78 is 26.9. The molecule has 0 saturated carbocycles. The Kier molecular flexibility index (Phi) is 12.1. The predicted octanol–water partition coefficient (Wildman–Crippen LogP) is 2.57. The van der Waals surface area contributed by atoms with Gasteiger partial charge in [0, 0.05) is 25.8 Å². The van der Waals surface area contributed by atoms with E-state index >= 15 is 0 Å². The van der Waals surface area contributed by atoms with E-state index in [1.165, 1.54) is 0 Å². The quantitative estimate of drug-likeness (QED) is 0.183. The van der Waals surface area contributed by atoms with Crippen LogP contribution in [0.2, 0.25) is 5.15 Å². The van der Waals surface area contributed by atoms with Gasteiger partial charge in [-0.15, -0.1) is 24.0 Å². The molecular formula is C19H27ClIN5O2S. The van der Waals surface area contributed by atoms with Gasteiger partial charge >= 0.3 is 0 Å². The van der Waals surface area contributed by atoms with Gasteiger partial charge in [0.25, 0.3) is 0 Å². The van der Waals surface area contributed by atoms with Crippen molar-refractivity contribution in [3.8, 4) is 0 Å². The van der Waals surface area contributed by atoms with Gasteiger partial charge in [-0.3, -0.25) is 4.99 Å². The molecule has 0 aliphatic carbocycles. The normalized spacial score (nSPS) is 11.6. The second kappa shape index (κ2) is 13.7. The number of aromatic nitrogens is 1. The first-order valence-electron chi connectivity index (χ1n) is 9.12. The van der Waals surface area contributed by atoms with E-state index in [9.17, 15) is 8.42 Å². The minimum absolute atomic E-state index is 0. The van der Waals surface area contributed by atoms with Crippen molar-refractivity contribution in [1.29, 1.82) is 0 Å². The number of rotatable bonds is 10. The van der Waals surface area contributed by atoms with Crippen LogP contribution in [0.15, 0.2) is 53.7 Å². The summed E-state index contributed by atoms with van der Waals surface area (Å²) in [4.78, 5) is 8.38. The topological polar surface area (TPSA) is 95.5 Å². The molecular weight excluding hydrogens is 525 g/mol. The molecule has 0 bridgehead atoms. The first-order chi connectivity index (χ1) is 13.5. The van der Waals surface area contributed by atoms with E-state index < -0.39 is 10.0 Å². The zero-order valence-corrected chi connectivity index (χ0v) is 20.2. The Bertz CT molecular complexity index is 849. The maximum atomic E-state index is 12.1. The van der Waals surface area contributed by atoms with Crippen LogP contribution in [0, 0.1) is 0 Å². The van der Waals surface area contributed by atoms with Gasteiger partial charge in [0.05, 0.1) is 12.3 Å². The maximum Gasteiger partial charge on any atom is 0.213 e. The lowest BCUT2D eigenvalue weighted by atomic mass is 10.2. The number of nitrogens with zero attached hydrogens (tertiary/aromatic N) is 2. The highest BCUT2D eigenvalue weighted by atomic mass is 127. The minimum Gasteiger partial charge on any atom is -0.357 e. The Hall–Kier alpha value is -1.43. The van der Waals surface area contributed by atoms with Crippen molar-refractivity contribution in [2.45, 2.75) is 19.9 Å². The molecule has 0 fully saturated rings. The van der Waals surface area contributed by atoms with E-state index in [0.717, 1.165) is 17.5 Å². The molecule has 3 N–H and O–H groups in total. The highest BCUT2D eigenvalue weighted by Gasteiger charge is 2.09. The molecule has 1 aromatic heterocycles. The lowest BCUT2D eigenvalue weighted by Crippen LogP contribution is -2.39. The average Bonchev–Trinajstić information content (AvgIpc) is 2.69. The monoisotopic (exact) mass is 551 g/mol. The van der Waals surface area contributed by atoms with E-state index in [1.807, 2.05) is 43.3 Å². The molecule has 0 atom stereocenters. The van der Waals surface area contributed by atoms with E-state index in [4.69, 9.17) is 11.6 Å². The van der Waals surface area contributed by atoms with E-state index in [1.54, 1.807) is 12.3 Å². The van der Waals surface area contributed by atoms with Crippen LogP contribution >= 0.6 is 35.6 Å². The number of aliphatic imine (C=N–C) groups is 1. The summed E-state index contributed by atoms with van der Waals surface area (Å²) in [5, 5.41) is 6.77. The van der Waals surface area contributed by atoms with Crippen molar-refractivity contribution < 1.29 is 8.42 Å². The molecule has 1 aromatic carbocycles. The summed E-state index contributed by atoms with van der Waals surface area (Å²) in [7, 11) is -3.39. The van der Waals surface area contributed by atoms with Gasteiger partial charge in [0.15, 0.2) is 5.96 Å². The summed E-state index contributed by atoms with van der Waals surface area (Å²) in [5.74, 6) is 0.514. The molecule has 0 spiro atoms. The zero-order valence-electron chi connectivity index (χ0n) is 16.3. The lowest BCUT2D eigenvalue weighted by Gasteiger charge is -2.11. The summed E-state index contributed by atoms with van der Waals surface area (Å²) in [6.45, 7) is 3.74. The molecule has 7 nitrogen and oxygen atoms in total. The fraction of sp³-hybridized carbons (Fsp3) is 0.368. The fourth-order valence-electron chi connectivity index (χ4n) is 2.36. The molecule has 0 saturated heterocycles. The Labute approximate surface area is 194 Å². The molecule has 29 heavy (non-hydrogen) atoms. The van der Waals surface area contributed by atoms with E-state index in [-0.39, 0.29) is 42.8 Å². The number of nitrogens with one attached hydrogen (secondary N) is 3. The first kappa shape index (κ1) is 25.6. The summed E-state index contributed by atoms with van der Waals surface area (Å²) in [5.41, 5.74) is 1.97. The average molecular weight is 552 g/mol. The highest BCUT2D eigenvalue weighted by Crippen LogP contribution is 2.05. The zero-order chi connectivity index (χ0) is 20.2. The molecule has 160 valence electrons. The fourth-order valence-corrected chi connectivity index (χ4v) is 3.33. The number of benzene rings is 1. The highest BCUT2D eigenvalue weighted by molar-refractivity contribution is 14.0. The summed E-state index contributed by atoms with van der Waals surface area (Å²) >= 11 is 5.78. The maximum absolute atomic E-state index is 12.1. The van der Waals surface area contributed by atoms with Crippen LogP contribution in [-0.2, 0) is 23.0 Å². The van der Waals surface area contributed by atoms with Crippen LogP contribution in [0.1, 0.15) is 18.1 Å². The standard InChI is InChI=1S/C19H26ClN5O2S.HI/c1-2-21-19(22-11-10-17-8-9-18(20)24-14-17)23-12-13-28(26,27)25-15-16-6-4-3-5-7-16;/h3-9,14,25H,2,10-13,15H2,1H3,(H2,21,22,23);1H. The number of pyridine rings is 1. The third kappa shape index (κ3) is 10.8. The lowest BCUT2D eigenvalue weighted by molar-refractivity contribution is 0.581. The molecule has 2 rings (SSSR count). The third-order valence-electron chi connectivity index (χ3n) is 3.81. The van der Waals surface area contributed by atoms with Crippen LogP contribution < -0.4 is 15.4 Å². The van der Waals surface area contributed by atoms with Crippen LogP contribution in [-0.4, -0.2) is 44.7 Å². The smallest absolute Gasteiger partial charge is 0.213 e. The molecule has 10 heteroatoms. The number of hydrogen-bond donors (Lipinski definition) is 3. The van der Waals surface area contributed by atoms with Crippen LogP contribution in [0.4, 0.5) is 0 Å². The molecule has 2 aromatic rings. The van der Waals surface area contributed by atoms with E-state index in [2.05, 4.69) is 25.3 Å². The molecule has 0 aliphatic rings. The van der Waals surface area contributed by atoms with Gasteiger partial charge in [0.2, 0.25) is 10.0 Å². The van der Waals surface area contributed by atoms with Crippen molar-refractivity contribution >= 4 is 51.6 Å². The second-order valence-corrected chi connectivity index (χ2v) is 8.37. The molecule has 0 radical (unpaired) electrons. The number of sulfonamides is 1. The minimum atomic E-state index is -3.39. The van der Waals surface area contributed by atoms with Crippen molar-refractivity contribution in [3.63, 3.8) is 0 Å². The van der Waals surface area contributed by atoms with Crippen LogP contribution in [0.3, 0.4) is 0 Å². The van der Waals surface area contributed by atoms with Gasteiger partial charge in [-0.2, -0.15) is 0 Å². The van der Waals surface area contributed by atoms with E-state index in [0.29, 0.717) is 24.2 Å². The van der Waals surface area contributed by atoms with Gasteiger partial charge in [-0.05, 0) is 30.5 Å². The summed E-state index contributed by atoms with van der Waals surface area (Å²) in [6.07, 6.45) is 2.49. The molecule has 0 aliphatic heterocycles. The van der Waals surface area contributed by atoms with Crippen LogP contribution in [0.5, 0.6) is 0 Å². The first-order valence-corrected chi connectivity index (χ1v) is 11.2. The van der Waals surface area contributed by atoms with Crippen molar-refractivity contribution in [3.05, 3.63) is 64.9 Å². The Morgan fingerprint density at radius 2 is 1.86 bits per heavy atom.